The number of methoxy groups -OCH3 is 1. The summed E-state index contributed by atoms with van der Waals surface area (Å²) in [6, 6.07) is 5.49. The molecule has 1 heterocycles. The van der Waals surface area contributed by atoms with E-state index in [2.05, 4.69) is 4.98 Å². The van der Waals surface area contributed by atoms with E-state index in [1.54, 1.807) is 6.07 Å². The highest BCUT2D eigenvalue weighted by Gasteiger charge is 2.06. The van der Waals surface area contributed by atoms with Crippen molar-refractivity contribution in [2.75, 3.05) is 13.7 Å². The summed E-state index contributed by atoms with van der Waals surface area (Å²) in [4.78, 5) is 4.09. The molecule has 0 bridgehead atoms. The Bertz CT molecular complexity index is 436. The van der Waals surface area contributed by atoms with Gasteiger partial charge in [-0.15, -0.1) is 0 Å². The summed E-state index contributed by atoms with van der Waals surface area (Å²) in [5.74, 6) is 0.777. The van der Waals surface area contributed by atoms with Crippen molar-refractivity contribution < 1.29 is 13.9 Å². The highest BCUT2D eigenvalue weighted by Crippen LogP contribution is 2.24. The summed E-state index contributed by atoms with van der Waals surface area (Å²) >= 11 is 0. The van der Waals surface area contributed by atoms with Crippen LogP contribution in [0.15, 0.2) is 22.6 Å². The fourth-order valence-corrected chi connectivity index (χ4v) is 1.23. The van der Waals surface area contributed by atoms with E-state index in [4.69, 9.17) is 13.9 Å². The topological polar surface area (TPSA) is 44.5 Å². The van der Waals surface area contributed by atoms with Crippen LogP contribution < -0.4 is 9.47 Å². The van der Waals surface area contributed by atoms with E-state index in [0.29, 0.717) is 12.2 Å². The first-order valence-corrected chi connectivity index (χ1v) is 4.41. The molecule has 0 unspecified atom stereocenters. The second-order valence-corrected chi connectivity index (χ2v) is 2.75. The van der Waals surface area contributed by atoms with E-state index in [1.165, 1.54) is 7.11 Å². The fraction of sp³-hybridized carbons (Fsp3) is 0.300. The summed E-state index contributed by atoms with van der Waals surface area (Å²) in [6.07, 6.45) is 0.272. The molecule has 0 atom stereocenters. The fourth-order valence-electron chi connectivity index (χ4n) is 1.23. The summed E-state index contributed by atoms with van der Waals surface area (Å²) < 4.78 is 15.5. The molecule has 0 aliphatic heterocycles. The Morgan fingerprint density at radius 1 is 1.43 bits per heavy atom. The molecule has 2 aromatic rings. The minimum atomic E-state index is 0.272. The van der Waals surface area contributed by atoms with Crippen molar-refractivity contribution in [3.05, 3.63) is 18.2 Å². The van der Waals surface area contributed by atoms with Gasteiger partial charge in [-0.3, -0.25) is 0 Å². The summed E-state index contributed by atoms with van der Waals surface area (Å²) in [6.45, 7) is 2.57. The molecule has 0 aliphatic rings. The number of rotatable bonds is 3. The molecule has 1 aromatic heterocycles. The zero-order chi connectivity index (χ0) is 9.97. The van der Waals surface area contributed by atoms with Gasteiger partial charge >= 0.3 is 6.08 Å². The van der Waals surface area contributed by atoms with Gasteiger partial charge in [-0.25, -0.2) is 0 Å². The molecule has 74 valence electrons. The number of hydrogen-bond acceptors (Lipinski definition) is 4. The first-order valence-electron chi connectivity index (χ1n) is 4.41. The van der Waals surface area contributed by atoms with Gasteiger partial charge in [0.25, 0.3) is 0 Å². The molecule has 4 nitrogen and oxygen atoms in total. The number of benzene rings is 1. The van der Waals surface area contributed by atoms with Crippen LogP contribution >= 0.6 is 0 Å². The quantitative estimate of drug-likeness (QED) is 0.749. The van der Waals surface area contributed by atoms with Crippen LogP contribution in [0.4, 0.5) is 0 Å². The van der Waals surface area contributed by atoms with Crippen LogP contribution in [0.25, 0.3) is 11.1 Å². The molecule has 0 amide bonds. The van der Waals surface area contributed by atoms with Crippen molar-refractivity contribution in [3.63, 3.8) is 0 Å². The van der Waals surface area contributed by atoms with Gasteiger partial charge < -0.3 is 13.9 Å². The van der Waals surface area contributed by atoms with Crippen molar-refractivity contribution in [2.45, 2.75) is 6.92 Å². The Balaban J connectivity index is 2.43. The first kappa shape index (κ1) is 8.87. The van der Waals surface area contributed by atoms with Crippen molar-refractivity contribution in [1.29, 1.82) is 0 Å². The van der Waals surface area contributed by atoms with Crippen LogP contribution in [0.2, 0.25) is 0 Å². The zero-order valence-electron chi connectivity index (χ0n) is 8.11. The molecule has 0 spiro atoms. The minimum Gasteiger partial charge on any atom is -0.494 e. The smallest absolute Gasteiger partial charge is 0.394 e. The Morgan fingerprint density at radius 3 is 3.00 bits per heavy atom. The monoisotopic (exact) mass is 193 g/mol. The lowest BCUT2D eigenvalue weighted by Gasteiger charge is -2.00. The molecule has 1 aromatic carbocycles. The van der Waals surface area contributed by atoms with Crippen molar-refractivity contribution in [2.24, 2.45) is 0 Å². The average molecular weight is 193 g/mol. The number of hydrogen-bond donors (Lipinski definition) is 0. The van der Waals surface area contributed by atoms with Crippen molar-refractivity contribution in [1.82, 2.24) is 4.98 Å². The van der Waals surface area contributed by atoms with Crippen molar-refractivity contribution in [3.8, 4) is 11.8 Å². The third-order valence-corrected chi connectivity index (χ3v) is 1.83. The van der Waals surface area contributed by atoms with E-state index in [0.717, 1.165) is 11.3 Å². The van der Waals surface area contributed by atoms with Gasteiger partial charge in [0.05, 0.1) is 13.7 Å². The molecule has 0 aliphatic carbocycles. The summed E-state index contributed by atoms with van der Waals surface area (Å²) in [7, 11) is 1.52. The molecule has 0 fully saturated rings. The Hall–Kier alpha value is -1.71. The van der Waals surface area contributed by atoms with E-state index >= 15 is 0 Å². The maximum absolute atomic E-state index is 5.33. The second-order valence-electron chi connectivity index (χ2n) is 2.75. The lowest BCUT2D eigenvalue weighted by atomic mass is 10.3. The first-order chi connectivity index (χ1) is 6.83. The van der Waals surface area contributed by atoms with Crippen LogP contribution in [0, 0.1) is 0 Å². The molecular formula is C10H11NO3. The predicted octanol–water partition coefficient (Wildman–Crippen LogP) is 2.24. The highest BCUT2D eigenvalue weighted by atomic mass is 16.6. The van der Waals surface area contributed by atoms with E-state index in [9.17, 15) is 0 Å². The minimum absolute atomic E-state index is 0.272. The van der Waals surface area contributed by atoms with E-state index < -0.39 is 0 Å². The Kier molecular flexibility index (Phi) is 2.26. The largest absolute Gasteiger partial charge is 0.494 e. The number of ether oxygens (including phenoxy) is 2. The highest BCUT2D eigenvalue weighted by molar-refractivity contribution is 5.74. The third kappa shape index (κ3) is 1.51. The van der Waals surface area contributed by atoms with Gasteiger partial charge in [0.15, 0.2) is 5.58 Å². The van der Waals surface area contributed by atoms with Crippen LogP contribution in [0.5, 0.6) is 11.8 Å². The van der Waals surface area contributed by atoms with E-state index in [1.807, 2.05) is 19.1 Å². The van der Waals surface area contributed by atoms with Gasteiger partial charge in [0, 0.05) is 6.07 Å². The van der Waals surface area contributed by atoms with Gasteiger partial charge in [-0.2, -0.15) is 4.98 Å². The molecule has 0 N–H and O–H groups in total. The second kappa shape index (κ2) is 3.57. The maximum Gasteiger partial charge on any atom is 0.394 e. The Morgan fingerprint density at radius 2 is 2.29 bits per heavy atom. The predicted molar refractivity (Wildman–Crippen MR) is 51.7 cm³/mol. The van der Waals surface area contributed by atoms with Crippen LogP contribution in [0.1, 0.15) is 6.92 Å². The molecule has 0 saturated heterocycles. The van der Waals surface area contributed by atoms with Crippen molar-refractivity contribution >= 4 is 11.1 Å². The number of nitrogens with zero attached hydrogens (tertiary/aromatic N) is 1. The summed E-state index contributed by atoms with van der Waals surface area (Å²) in [5.41, 5.74) is 1.44. The zero-order valence-corrected chi connectivity index (χ0v) is 8.11. The van der Waals surface area contributed by atoms with Gasteiger partial charge in [0.1, 0.15) is 11.3 Å². The molecular weight excluding hydrogens is 182 g/mol. The SMILES string of the molecule is CCOc1ccc2nc(OC)oc2c1. The maximum atomic E-state index is 5.33. The lowest BCUT2D eigenvalue weighted by molar-refractivity contribution is 0.299. The molecule has 4 heteroatoms. The van der Waals surface area contributed by atoms with Gasteiger partial charge in [0.2, 0.25) is 0 Å². The number of fused-ring (bicyclic) bond motifs is 1. The van der Waals surface area contributed by atoms with Gasteiger partial charge in [-0.05, 0) is 19.1 Å². The lowest BCUT2D eigenvalue weighted by Crippen LogP contribution is -1.90. The number of aromatic nitrogens is 1. The number of oxazole rings is 1. The molecule has 0 radical (unpaired) electrons. The Labute approximate surface area is 81.4 Å². The van der Waals surface area contributed by atoms with Crippen LogP contribution in [0.3, 0.4) is 0 Å². The van der Waals surface area contributed by atoms with E-state index in [-0.39, 0.29) is 6.08 Å². The molecule has 0 saturated carbocycles. The molecule has 14 heavy (non-hydrogen) atoms. The molecule has 2 rings (SSSR count). The van der Waals surface area contributed by atoms with Gasteiger partial charge in [-0.1, -0.05) is 0 Å². The summed E-state index contributed by atoms with van der Waals surface area (Å²) in [5, 5.41) is 0. The van der Waals surface area contributed by atoms with Crippen LogP contribution in [-0.4, -0.2) is 18.7 Å². The van der Waals surface area contributed by atoms with Crippen LogP contribution in [-0.2, 0) is 0 Å². The normalized spacial score (nSPS) is 10.4. The standard InChI is InChI=1S/C10H11NO3/c1-3-13-7-4-5-8-9(6-7)14-10(11-8)12-2/h4-6H,3H2,1-2H3. The third-order valence-electron chi connectivity index (χ3n) is 1.83. The average Bonchev–Trinajstić information content (AvgIpc) is 2.60.